The Balaban J connectivity index is 2.35. The first-order valence-corrected chi connectivity index (χ1v) is 5.24. The molecule has 72 valence electrons. The molecule has 1 aromatic heterocycles. The van der Waals surface area contributed by atoms with Crippen LogP contribution in [0.5, 0.6) is 0 Å². The summed E-state index contributed by atoms with van der Waals surface area (Å²) in [5.74, 6) is 0.752. The molecule has 0 amide bonds. The molecule has 1 unspecified atom stereocenters. The normalized spacial score (nSPS) is 22.8. The predicted molar refractivity (Wildman–Crippen MR) is 55.9 cm³/mol. The molecule has 1 N–H and O–H groups in total. The zero-order valence-electron chi connectivity index (χ0n) is 8.85. The molecule has 0 aliphatic heterocycles. The molecular weight excluding hydrogens is 158 g/mol. The topological polar surface area (TPSA) is 15.8 Å². The number of rotatable bonds is 0. The summed E-state index contributed by atoms with van der Waals surface area (Å²) in [6.07, 6.45) is 8.35. The smallest absolute Gasteiger partial charge is 0.00432 e. The molecule has 1 aliphatic rings. The number of H-pyrrole nitrogens is 1. The summed E-state index contributed by atoms with van der Waals surface area (Å²) in [5.41, 5.74) is 3.53. The predicted octanol–water partition coefficient (Wildman–Crippen LogP) is 3.48. The Morgan fingerprint density at radius 2 is 2.08 bits per heavy atom. The van der Waals surface area contributed by atoms with Gasteiger partial charge in [-0.3, -0.25) is 0 Å². The van der Waals surface area contributed by atoms with Crippen molar-refractivity contribution in [2.24, 2.45) is 5.41 Å². The third-order valence-electron chi connectivity index (χ3n) is 3.23. The summed E-state index contributed by atoms with van der Waals surface area (Å²) in [5, 5.41) is 0. The van der Waals surface area contributed by atoms with Crippen LogP contribution < -0.4 is 0 Å². The van der Waals surface area contributed by atoms with Gasteiger partial charge in [0.25, 0.3) is 0 Å². The molecule has 2 rings (SSSR count). The summed E-state index contributed by atoms with van der Waals surface area (Å²) in [4.78, 5) is 3.24. The maximum atomic E-state index is 3.24. The largest absolute Gasteiger partial charge is 0.367 e. The molecule has 13 heavy (non-hydrogen) atoms. The van der Waals surface area contributed by atoms with Crippen molar-refractivity contribution < 1.29 is 0 Å². The molecule has 0 radical (unpaired) electrons. The fourth-order valence-corrected chi connectivity index (χ4v) is 2.50. The molecule has 1 nitrogen and oxygen atoms in total. The highest BCUT2D eigenvalue weighted by atomic mass is 14.7. The van der Waals surface area contributed by atoms with Crippen LogP contribution in [0.15, 0.2) is 12.4 Å². The van der Waals surface area contributed by atoms with Gasteiger partial charge in [0.1, 0.15) is 0 Å². The second-order valence-electron chi connectivity index (χ2n) is 5.25. The number of fused-ring (bicyclic) bond motifs is 1. The first-order chi connectivity index (χ1) is 6.09. The molecule has 0 saturated heterocycles. The summed E-state index contributed by atoms with van der Waals surface area (Å²) in [6.45, 7) is 7.04. The van der Waals surface area contributed by atoms with E-state index in [0.29, 0.717) is 5.41 Å². The standard InChI is InChI=1S/C12H19N/c1-12(2,3)11-6-4-5-9-7-13-8-10(9)11/h7-8,11,13H,4-6H2,1-3H3. The molecular formula is C12H19N. The quantitative estimate of drug-likeness (QED) is 0.624. The molecule has 0 bridgehead atoms. The molecule has 0 saturated carbocycles. The Hall–Kier alpha value is -0.720. The highest BCUT2D eigenvalue weighted by molar-refractivity contribution is 5.31. The average molecular weight is 177 g/mol. The van der Waals surface area contributed by atoms with Crippen LogP contribution >= 0.6 is 0 Å². The number of hydrogen-bond donors (Lipinski definition) is 1. The van der Waals surface area contributed by atoms with Crippen molar-refractivity contribution in [1.82, 2.24) is 4.98 Å². The molecule has 0 spiro atoms. The molecule has 1 heteroatoms. The molecule has 1 atom stereocenters. The van der Waals surface area contributed by atoms with Crippen molar-refractivity contribution in [2.75, 3.05) is 0 Å². The van der Waals surface area contributed by atoms with Gasteiger partial charge in [-0.05, 0) is 41.7 Å². The lowest BCUT2D eigenvalue weighted by atomic mass is 9.71. The average Bonchev–Trinajstić information content (AvgIpc) is 2.48. The number of aryl methyl sites for hydroxylation is 1. The van der Waals surface area contributed by atoms with E-state index < -0.39 is 0 Å². The Labute approximate surface area is 80.6 Å². The van der Waals surface area contributed by atoms with Gasteiger partial charge in [0.2, 0.25) is 0 Å². The molecule has 1 aromatic rings. The zero-order valence-corrected chi connectivity index (χ0v) is 8.85. The van der Waals surface area contributed by atoms with Crippen molar-refractivity contribution in [3.63, 3.8) is 0 Å². The Morgan fingerprint density at radius 1 is 1.31 bits per heavy atom. The first-order valence-electron chi connectivity index (χ1n) is 5.24. The van der Waals surface area contributed by atoms with Gasteiger partial charge < -0.3 is 4.98 Å². The van der Waals surface area contributed by atoms with Gasteiger partial charge in [-0.2, -0.15) is 0 Å². The van der Waals surface area contributed by atoms with Crippen LogP contribution in [0, 0.1) is 5.41 Å². The van der Waals surface area contributed by atoms with Crippen LogP contribution in [0.25, 0.3) is 0 Å². The zero-order chi connectivity index (χ0) is 9.47. The van der Waals surface area contributed by atoms with Gasteiger partial charge in [-0.1, -0.05) is 20.8 Å². The van der Waals surface area contributed by atoms with Gasteiger partial charge in [0.15, 0.2) is 0 Å². The summed E-state index contributed by atoms with van der Waals surface area (Å²) in [7, 11) is 0. The fraction of sp³-hybridized carbons (Fsp3) is 0.667. The van der Waals surface area contributed by atoms with E-state index in [2.05, 4.69) is 38.1 Å². The Morgan fingerprint density at radius 3 is 2.77 bits per heavy atom. The fourth-order valence-electron chi connectivity index (χ4n) is 2.50. The number of aromatic nitrogens is 1. The van der Waals surface area contributed by atoms with E-state index in [1.54, 1.807) is 11.1 Å². The van der Waals surface area contributed by atoms with E-state index in [1.165, 1.54) is 19.3 Å². The highest BCUT2D eigenvalue weighted by Crippen LogP contribution is 2.43. The van der Waals surface area contributed by atoms with E-state index in [9.17, 15) is 0 Å². The minimum absolute atomic E-state index is 0.414. The maximum absolute atomic E-state index is 3.24. The molecule has 0 fully saturated rings. The summed E-state index contributed by atoms with van der Waals surface area (Å²) >= 11 is 0. The minimum atomic E-state index is 0.414. The van der Waals surface area contributed by atoms with E-state index >= 15 is 0 Å². The lowest BCUT2D eigenvalue weighted by molar-refractivity contribution is 0.290. The van der Waals surface area contributed by atoms with Crippen LogP contribution in [-0.4, -0.2) is 4.98 Å². The number of aromatic amines is 1. The first kappa shape index (κ1) is 8.86. The van der Waals surface area contributed by atoms with Crippen LogP contribution in [-0.2, 0) is 6.42 Å². The number of nitrogens with one attached hydrogen (secondary N) is 1. The van der Waals surface area contributed by atoms with Crippen LogP contribution in [0.4, 0.5) is 0 Å². The second kappa shape index (κ2) is 2.90. The van der Waals surface area contributed by atoms with Crippen molar-refractivity contribution in [3.8, 4) is 0 Å². The molecule has 1 aliphatic carbocycles. The van der Waals surface area contributed by atoms with Crippen molar-refractivity contribution in [1.29, 1.82) is 0 Å². The van der Waals surface area contributed by atoms with Gasteiger partial charge in [0, 0.05) is 12.4 Å². The molecule has 1 heterocycles. The van der Waals surface area contributed by atoms with E-state index in [4.69, 9.17) is 0 Å². The van der Waals surface area contributed by atoms with Crippen LogP contribution in [0.1, 0.15) is 50.7 Å². The number of hydrogen-bond acceptors (Lipinski definition) is 0. The van der Waals surface area contributed by atoms with Gasteiger partial charge in [-0.15, -0.1) is 0 Å². The maximum Gasteiger partial charge on any atom is 0.00432 e. The van der Waals surface area contributed by atoms with Crippen molar-refractivity contribution >= 4 is 0 Å². The van der Waals surface area contributed by atoms with Gasteiger partial charge >= 0.3 is 0 Å². The van der Waals surface area contributed by atoms with Crippen LogP contribution in [0.3, 0.4) is 0 Å². The Kier molecular flexibility index (Phi) is 1.98. The van der Waals surface area contributed by atoms with E-state index in [0.717, 1.165) is 5.92 Å². The second-order valence-corrected chi connectivity index (χ2v) is 5.25. The third kappa shape index (κ3) is 1.52. The third-order valence-corrected chi connectivity index (χ3v) is 3.23. The van der Waals surface area contributed by atoms with E-state index in [1.807, 2.05) is 0 Å². The van der Waals surface area contributed by atoms with E-state index in [-0.39, 0.29) is 0 Å². The lowest BCUT2D eigenvalue weighted by Gasteiger charge is -2.34. The van der Waals surface area contributed by atoms with Gasteiger partial charge in [-0.25, -0.2) is 0 Å². The summed E-state index contributed by atoms with van der Waals surface area (Å²) in [6, 6.07) is 0. The summed E-state index contributed by atoms with van der Waals surface area (Å²) < 4.78 is 0. The van der Waals surface area contributed by atoms with Crippen LogP contribution in [0.2, 0.25) is 0 Å². The monoisotopic (exact) mass is 177 g/mol. The minimum Gasteiger partial charge on any atom is -0.367 e. The molecule has 0 aromatic carbocycles. The lowest BCUT2D eigenvalue weighted by Crippen LogP contribution is -2.21. The Bertz CT molecular complexity index is 290. The SMILES string of the molecule is CC(C)(C)C1CCCc2c[nH]cc21. The van der Waals surface area contributed by atoms with Crippen molar-refractivity contribution in [2.45, 2.75) is 46.0 Å². The van der Waals surface area contributed by atoms with Gasteiger partial charge in [0.05, 0.1) is 0 Å². The highest BCUT2D eigenvalue weighted by Gasteiger charge is 2.30. The van der Waals surface area contributed by atoms with Crippen molar-refractivity contribution in [3.05, 3.63) is 23.5 Å².